The maximum atomic E-state index is 13.0. The lowest BCUT2D eigenvalue weighted by atomic mass is 10.1. The molecule has 0 aliphatic rings. The van der Waals surface area contributed by atoms with Crippen molar-refractivity contribution in [1.29, 1.82) is 0 Å². The van der Waals surface area contributed by atoms with Gasteiger partial charge in [-0.2, -0.15) is 18.2 Å². The van der Waals surface area contributed by atoms with E-state index in [0.717, 1.165) is 18.4 Å². The second kappa shape index (κ2) is 8.96. The van der Waals surface area contributed by atoms with Crippen molar-refractivity contribution in [3.05, 3.63) is 47.3 Å². The van der Waals surface area contributed by atoms with E-state index in [1.807, 2.05) is 0 Å². The third kappa shape index (κ3) is 4.94. The van der Waals surface area contributed by atoms with Crippen LogP contribution in [0.5, 0.6) is 11.6 Å². The van der Waals surface area contributed by atoms with Gasteiger partial charge in [0.05, 0.1) is 37.3 Å². The van der Waals surface area contributed by atoms with Crippen LogP contribution < -0.4 is 4.74 Å². The Hall–Kier alpha value is -2.75. The van der Waals surface area contributed by atoms with Gasteiger partial charge in [-0.3, -0.25) is 0 Å². The van der Waals surface area contributed by atoms with Crippen molar-refractivity contribution < 1.29 is 32.2 Å². The van der Waals surface area contributed by atoms with Crippen molar-refractivity contribution in [3.8, 4) is 11.6 Å². The topological polar surface area (TPSA) is 70.5 Å². The van der Waals surface area contributed by atoms with E-state index in [4.69, 9.17) is 14.2 Å². The van der Waals surface area contributed by atoms with Crippen molar-refractivity contribution in [2.45, 2.75) is 18.3 Å². The fraction of sp³-hybridized carbons (Fsp3) is 0.278. The van der Waals surface area contributed by atoms with Crippen molar-refractivity contribution in [2.24, 2.45) is 0 Å². The molecule has 0 radical (unpaired) electrons. The minimum Gasteiger partial charge on any atom is -0.503 e. The number of esters is 1. The first-order valence-electron chi connectivity index (χ1n) is 7.80. The normalized spacial score (nSPS) is 11.9. The van der Waals surface area contributed by atoms with Crippen LogP contribution in [0.4, 0.5) is 13.2 Å². The highest BCUT2D eigenvalue weighted by Gasteiger charge is 2.31. The lowest BCUT2D eigenvalue weighted by Crippen LogP contribution is -2.10. The average Bonchev–Trinajstić information content (AvgIpc) is 2.65. The average molecular weight is 414 g/mol. The van der Waals surface area contributed by atoms with E-state index in [1.165, 1.54) is 38.1 Å². The van der Waals surface area contributed by atoms with Gasteiger partial charge in [0.25, 0.3) is 0 Å². The van der Waals surface area contributed by atoms with Crippen LogP contribution in [-0.4, -0.2) is 36.4 Å². The third-order valence-electron chi connectivity index (χ3n) is 3.51. The number of hydrogen-bond donors (Lipinski definition) is 0. The first-order chi connectivity index (χ1) is 13.2. The number of carbonyl (C=O) groups excluding carboxylic acids is 1. The summed E-state index contributed by atoms with van der Waals surface area (Å²) in [4.78, 5) is 20.6. The minimum absolute atomic E-state index is 0.0304. The van der Waals surface area contributed by atoms with E-state index in [1.54, 1.807) is 13.2 Å². The first kappa shape index (κ1) is 21.5. The number of benzene rings is 1. The molecule has 0 unspecified atom stereocenters. The Bertz CT molecular complexity index is 901. The summed E-state index contributed by atoms with van der Waals surface area (Å²) < 4.78 is 54.2. The third-order valence-corrected chi connectivity index (χ3v) is 4.05. The van der Waals surface area contributed by atoms with E-state index in [-0.39, 0.29) is 22.8 Å². The van der Waals surface area contributed by atoms with Gasteiger partial charge in [-0.1, -0.05) is 17.8 Å². The predicted molar refractivity (Wildman–Crippen MR) is 97.1 cm³/mol. The molecule has 0 aliphatic carbocycles. The fourth-order valence-electron chi connectivity index (χ4n) is 2.28. The molecule has 10 heteroatoms. The summed E-state index contributed by atoms with van der Waals surface area (Å²) in [7, 11) is 2.52. The van der Waals surface area contributed by atoms with Gasteiger partial charge in [0, 0.05) is 0 Å². The number of aryl methyl sites for hydroxylation is 1. The molecule has 0 saturated heterocycles. The Balaban J connectivity index is 2.61. The molecule has 1 heterocycles. The molecule has 1 aromatic heterocycles. The number of rotatable bonds is 6. The molecule has 2 aromatic rings. The molecule has 1 aromatic carbocycles. The van der Waals surface area contributed by atoms with Crippen molar-refractivity contribution >= 4 is 23.3 Å². The molecule has 150 valence electrons. The summed E-state index contributed by atoms with van der Waals surface area (Å²) in [5.41, 5.74) is -0.376. The minimum atomic E-state index is -4.53. The van der Waals surface area contributed by atoms with Gasteiger partial charge in [-0.05, 0) is 31.4 Å². The molecule has 0 bridgehead atoms. The standard InChI is InChI=1S/C18H17F3N2O4S/c1-10-14(13(9-25-2)16(24)26-3)15(23-17(22-10)28-4)27-12-7-5-6-11(8-12)18(19,20)21/h5-9H,1-4H3/b13-9-. The highest BCUT2D eigenvalue weighted by Crippen LogP contribution is 2.36. The lowest BCUT2D eigenvalue weighted by Gasteiger charge is -2.15. The molecule has 6 nitrogen and oxygen atoms in total. The smallest absolute Gasteiger partial charge is 0.416 e. The highest BCUT2D eigenvalue weighted by molar-refractivity contribution is 7.98. The van der Waals surface area contributed by atoms with E-state index >= 15 is 0 Å². The molecule has 0 spiro atoms. The number of ether oxygens (including phenoxy) is 3. The Kier molecular flexibility index (Phi) is 6.90. The highest BCUT2D eigenvalue weighted by atomic mass is 32.2. The van der Waals surface area contributed by atoms with Crippen molar-refractivity contribution in [1.82, 2.24) is 9.97 Å². The second-order valence-electron chi connectivity index (χ2n) is 5.36. The van der Waals surface area contributed by atoms with Crippen LogP contribution in [0.15, 0.2) is 35.7 Å². The SMILES string of the molecule is CO/C=C(\C(=O)OC)c1c(C)nc(SC)nc1Oc1cccc(C(F)(F)F)c1. The van der Waals surface area contributed by atoms with Crippen LogP contribution in [0.25, 0.3) is 5.57 Å². The summed E-state index contributed by atoms with van der Waals surface area (Å²) in [5, 5.41) is 0.324. The zero-order chi connectivity index (χ0) is 20.9. The maximum absolute atomic E-state index is 13.0. The Morgan fingerprint density at radius 2 is 1.93 bits per heavy atom. The van der Waals surface area contributed by atoms with Crippen LogP contribution >= 0.6 is 11.8 Å². The summed E-state index contributed by atoms with van der Waals surface area (Å²) in [6.07, 6.45) is -1.66. The summed E-state index contributed by atoms with van der Waals surface area (Å²) in [6, 6.07) is 4.34. The van der Waals surface area contributed by atoms with Crippen LogP contribution in [0.1, 0.15) is 16.8 Å². The molecule has 0 fully saturated rings. The number of nitrogens with zero attached hydrogens (tertiary/aromatic N) is 2. The summed E-state index contributed by atoms with van der Waals surface area (Å²) in [5.74, 6) is -0.924. The van der Waals surface area contributed by atoms with Gasteiger partial charge < -0.3 is 14.2 Å². The molecule has 0 amide bonds. The van der Waals surface area contributed by atoms with Gasteiger partial charge in [-0.15, -0.1) is 0 Å². The number of hydrogen-bond acceptors (Lipinski definition) is 7. The molecule has 0 saturated carbocycles. The zero-order valence-corrected chi connectivity index (χ0v) is 16.3. The number of carbonyl (C=O) groups is 1. The monoisotopic (exact) mass is 414 g/mol. The molecule has 28 heavy (non-hydrogen) atoms. The van der Waals surface area contributed by atoms with Gasteiger partial charge in [-0.25, -0.2) is 9.78 Å². The van der Waals surface area contributed by atoms with Crippen molar-refractivity contribution in [2.75, 3.05) is 20.5 Å². The van der Waals surface area contributed by atoms with Crippen LogP contribution in [0.3, 0.4) is 0 Å². The number of methoxy groups -OCH3 is 2. The second-order valence-corrected chi connectivity index (χ2v) is 6.14. The number of aromatic nitrogens is 2. The van der Waals surface area contributed by atoms with Gasteiger partial charge in [0.15, 0.2) is 5.16 Å². The Labute approximate surface area is 163 Å². The fourth-order valence-corrected chi connectivity index (χ4v) is 2.68. The molecular formula is C18H17F3N2O4S. The summed E-state index contributed by atoms with van der Waals surface area (Å²) >= 11 is 1.21. The molecular weight excluding hydrogens is 397 g/mol. The van der Waals surface area contributed by atoms with Crippen molar-refractivity contribution in [3.63, 3.8) is 0 Å². The van der Waals surface area contributed by atoms with E-state index in [9.17, 15) is 18.0 Å². The molecule has 0 aliphatic heterocycles. The quantitative estimate of drug-likeness (QED) is 0.227. The molecule has 0 N–H and O–H groups in total. The van der Waals surface area contributed by atoms with Gasteiger partial charge in [0.1, 0.15) is 11.3 Å². The van der Waals surface area contributed by atoms with E-state index in [0.29, 0.717) is 10.9 Å². The number of halogens is 3. The molecule has 2 rings (SSSR count). The van der Waals surface area contributed by atoms with Crippen LogP contribution in [0.2, 0.25) is 0 Å². The zero-order valence-electron chi connectivity index (χ0n) is 15.5. The van der Waals surface area contributed by atoms with Crippen LogP contribution in [-0.2, 0) is 20.4 Å². The van der Waals surface area contributed by atoms with Gasteiger partial charge >= 0.3 is 12.1 Å². The first-order valence-corrected chi connectivity index (χ1v) is 9.03. The van der Waals surface area contributed by atoms with E-state index < -0.39 is 17.7 Å². The predicted octanol–water partition coefficient (Wildman–Crippen LogP) is 4.48. The number of thioether (sulfide) groups is 1. The molecule has 0 atom stereocenters. The van der Waals surface area contributed by atoms with E-state index in [2.05, 4.69) is 9.97 Å². The maximum Gasteiger partial charge on any atom is 0.416 e. The Morgan fingerprint density at radius 3 is 2.50 bits per heavy atom. The largest absolute Gasteiger partial charge is 0.503 e. The van der Waals surface area contributed by atoms with Crippen LogP contribution in [0, 0.1) is 6.92 Å². The number of alkyl halides is 3. The summed E-state index contributed by atoms with van der Waals surface area (Å²) in [6.45, 7) is 1.61. The van der Waals surface area contributed by atoms with Gasteiger partial charge in [0.2, 0.25) is 5.88 Å². The Morgan fingerprint density at radius 1 is 1.21 bits per heavy atom. The lowest BCUT2D eigenvalue weighted by molar-refractivity contribution is -0.137.